The molecule has 0 aliphatic heterocycles. The highest BCUT2D eigenvalue weighted by Crippen LogP contribution is 2.34. The van der Waals surface area contributed by atoms with Crippen molar-refractivity contribution in [2.24, 2.45) is 5.92 Å². The third-order valence-electron chi connectivity index (χ3n) is 5.92. The quantitative estimate of drug-likeness (QED) is 0.380. The molecule has 0 atom stereocenters. The molecule has 2 aromatic heterocycles. The van der Waals surface area contributed by atoms with Gasteiger partial charge in [-0.25, -0.2) is 4.98 Å². The third-order valence-corrected chi connectivity index (χ3v) is 6.15. The van der Waals surface area contributed by atoms with Crippen molar-refractivity contribution in [2.75, 3.05) is 0 Å². The van der Waals surface area contributed by atoms with Crippen LogP contribution in [0, 0.1) is 5.92 Å². The Morgan fingerprint density at radius 2 is 1.81 bits per heavy atom. The molecular formula is C24H23ClN2. The summed E-state index contributed by atoms with van der Waals surface area (Å²) in [5.74, 6) is 0.753. The van der Waals surface area contributed by atoms with E-state index >= 15 is 0 Å². The zero-order chi connectivity index (χ0) is 18.2. The molecule has 2 nitrogen and oxygen atoms in total. The van der Waals surface area contributed by atoms with Crippen molar-refractivity contribution in [2.45, 2.75) is 38.5 Å². The van der Waals surface area contributed by atoms with Gasteiger partial charge in [0, 0.05) is 22.2 Å². The van der Waals surface area contributed by atoms with Crippen LogP contribution >= 0.6 is 11.6 Å². The van der Waals surface area contributed by atoms with Gasteiger partial charge in [-0.2, -0.15) is 0 Å². The molecule has 2 heterocycles. The molecule has 3 heteroatoms. The van der Waals surface area contributed by atoms with Gasteiger partial charge >= 0.3 is 0 Å². The number of hydrogen-bond acceptors (Lipinski definition) is 1. The first kappa shape index (κ1) is 16.8. The average molecular weight is 375 g/mol. The van der Waals surface area contributed by atoms with Crippen molar-refractivity contribution in [3.8, 4) is 11.3 Å². The number of imidazole rings is 1. The summed E-state index contributed by atoms with van der Waals surface area (Å²) in [5, 5.41) is 3.20. The fourth-order valence-electron chi connectivity index (χ4n) is 4.54. The monoisotopic (exact) mass is 374 g/mol. The second-order valence-corrected chi connectivity index (χ2v) is 8.16. The molecule has 1 aliphatic carbocycles. The van der Waals surface area contributed by atoms with Crippen LogP contribution in [0.1, 0.15) is 37.8 Å². The standard InChI is InChI=1S/C24H23ClN2/c25-20-11-6-10-19(16-20)23-22(15-17-7-2-1-3-8-17)27-14-13-18-9-4-5-12-21(18)24(27)26-23/h4-6,9-14,16-17H,1-3,7-8,15H2. The van der Waals surface area contributed by atoms with Gasteiger partial charge in [0.15, 0.2) is 0 Å². The summed E-state index contributed by atoms with van der Waals surface area (Å²) in [4.78, 5) is 5.12. The van der Waals surface area contributed by atoms with E-state index in [4.69, 9.17) is 16.6 Å². The molecule has 0 spiro atoms. The Morgan fingerprint density at radius 3 is 2.67 bits per heavy atom. The Morgan fingerprint density at radius 1 is 0.963 bits per heavy atom. The van der Waals surface area contributed by atoms with E-state index in [2.05, 4.69) is 47.0 Å². The van der Waals surface area contributed by atoms with Gasteiger partial charge in [0.25, 0.3) is 0 Å². The van der Waals surface area contributed by atoms with Crippen molar-refractivity contribution >= 4 is 28.0 Å². The maximum atomic E-state index is 6.30. The lowest BCUT2D eigenvalue weighted by molar-refractivity contribution is 0.354. The normalized spacial score (nSPS) is 15.6. The van der Waals surface area contributed by atoms with Gasteiger partial charge in [0.1, 0.15) is 5.65 Å². The summed E-state index contributed by atoms with van der Waals surface area (Å²) >= 11 is 6.30. The van der Waals surface area contributed by atoms with Crippen molar-refractivity contribution < 1.29 is 0 Å². The second kappa shape index (κ2) is 7.01. The summed E-state index contributed by atoms with van der Waals surface area (Å²) in [6, 6.07) is 18.8. The highest BCUT2D eigenvalue weighted by atomic mass is 35.5. The summed E-state index contributed by atoms with van der Waals surface area (Å²) in [6.45, 7) is 0. The minimum Gasteiger partial charge on any atom is -0.303 e. The molecule has 5 rings (SSSR count). The van der Waals surface area contributed by atoms with Crippen LogP contribution in [0.25, 0.3) is 27.7 Å². The molecule has 0 unspecified atom stereocenters. The zero-order valence-electron chi connectivity index (χ0n) is 15.4. The van der Waals surface area contributed by atoms with Crippen LogP contribution in [0.5, 0.6) is 0 Å². The Kier molecular flexibility index (Phi) is 4.37. The summed E-state index contributed by atoms with van der Waals surface area (Å²) < 4.78 is 2.31. The predicted molar refractivity (Wildman–Crippen MR) is 113 cm³/mol. The zero-order valence-corrected chi connectivity index (χ0v) is 16.1. The number of pyridine rings is 1. The van der Waals surface area contributed by atoms with Crippen LogP contribution in [0.15, 0.2) is 60.8 Å². The van der Waals surface area contributed by atoms with E-state index in [9.17, 15) is 0 Å². The molecule has 27 heavy (non-hydrogen) atoms. The lowest BCUT2D eigenvalue weighted by atomic mass is 9.85. The first-order valence-corrected chi connectivity index (χ1v) is 10.3. The van der Waals surface area contributed by atoms with Crippen LogP contribution in [0.4, 0.5) is 0 Å². The van der Waals surface area contributed by atoms with E-state index < -0.39 is 0 Å². The predicted octanol–water partition coefficient (Wildman–Crippen LogP) is 6.93. The average Bonchev–Trinajstić information content (AvgIpc) is 3.08. The molecule has 0 bridgehead atoms. The van der Waals surface area contributed by atoms with Crippen LogP contribution in [0.3, 0.4) is 0 Å². The maximum Gasteiger partial charge on any atom is 0.145 e. The minimum absolute atomic E-state index is 0.753. The van der Waals surface area contributed by atoms with E-state index in [0.717, 1.165) is 34.3 Å². The minimum atomic E-state index is 0.753. The third kappa shape index (κ3) is 3.12. The lowest BCUT2D eigenvalue weighted by Gasteiger charge is -2.21. The van der Waals surface area contributed by atoms with Gasteiger partial charge in [-0.3, -0.25) is 0 Å². The number of aromatic nitrogens is 2. The van der Waals surface area contributed by atoms with Gasteiger partial charge in [0.2, 0.25) is 0 Å². The van der Waals surface area contributed by atoms with Gasteiger partial charge in [0.05, 0.1) is 11.4 Å². The van der Waals surface area contributed by atoms with E-state index in [1.54, 1.807) is 0 Å². The fraction of sp³-hybridized carbons (Fsp3) is 0.292. The first-order valence-electron chi connectivity index (χ1n) is 9.94. The van der Waals surface area contributed by atoms with E-state index in [-0.39, 0.29) is 0 Å². The van der Waals surface area contributed by atoms with Gasteiger partial charge in [-0.1, -0.05) is 80.1 Å². The number of benzene rings is 2. The van der Waals surface area contributed by atoms with E-state index in [1.807, 2.05) is 18.2 Å². The lowest BCUT2D eigenvalue weighted by Crippen LogP contribution is -2.11. The smallest absolute Gasteiger partial charge is 0.145 e. The van der Waals surface area contributed by atoms with Crippen molar-refractivity contribution in [3.05, 3.63) is 71.5 Å². The number of nitrogens with zero attached hydrogens (tertiary/aromatic N) is 2. The molecular weight excluding hydrogens is 352 g/mol. The van der Waals surface area contributed by atoms with Crippen molar-refractivity contribution in [1.82, 2.24) is 9.38 Å². The highest BCUT2D eigenvalue weighted by Gasteiger charge is 2.21. The van der Waals surface area contributed by atoms with Crippen LogP contribution in [-0.2, 0) is 6.42 Å². The molecule has 0 N–H and O–H groups in total. The Hall–Kier alpha value is -2.32. The van der Waals surface area contributed by atoms with Gasteiger partial charge < -0.3 is 4.40 Å². The summed E-state index contributed by atoms with van der Waals surface area (Å²) in [5.41, 5.74) is 4.57. The number of halogens is 1. The SMILES string of the molecule is Clc1cccc(-c2nc3c4ccccc4ccn3c2CC2CCCCC2)c1. The Labute approximate surface area is 164 Å². The summed E-state index contributed by atoms with van der Waals surface area (Å²) in [7, 11) is 0. The van der Waals surface area contributed by atoms with Crippen LogP contribution < -0.4 is 0 Å². The molecule has 0 saturated heterocycles. The number of hydrogen-bond donors (Lipinski definition) is 0. The molecule has 0 radical (unpaired) electrons. The van der Waals surface area contributed by atoms with Crippen LogP contribution in [-0.4, -0.2) is 9.38 Å². The largest absolute Gasteiger partial charge is 0.303 e. The molecule has 1 saturated carbocycles. The highest BCUT2D eigenvalue weighted by molar-refractivity contribution is 6.30. The van der Waals surface area contributed by atoms with Gasteiger partial charge in [-0.15, -0.1) is 0 Å². The fourth-order valence-corrected chi connectivity index (χ4v) is 4.73. The van der Waals surface area contributed by atoms with Crippen LogP contribution in [0.2, 0.25) is 5.02 Å². The topological polar surface area (TPSA) is 17.3 Å². The maximum absolute atomic E-state index is 6.30. The number of fused-ring (bicyclic) bond motifs is 3. The van der Waals surface area contributed by atoms with E-state index in [0.29, 0.717) is 0 Å². The Bertz CT molecular complexity index is 1110. The van der Waals surface area contributed by atoms with Crippen molar-refractivity contribution in [3.63, 3.8) is 0 Å². The molecule has 1 aliphatic rings. The van der Waals surface area contributed by atoms with Crippen molar-refractivity contribution in [1.29, 1.82) is 0 Å². The molecule has 4 aromatic rings. The second-order valence-electron chi connectivity index (χ2n) is 7.72. The van der Waals surface area contributed by atoms with Gasteiger partial charge in [-0.05, 0) is 35.9 Å². The molecule has 136 valence electrons. The Balaban J connectivity index is 1.72. The number of rotatable bonds is 3. The molecule has 1 fully saturated rings. The first-order chi connectivity index (χ1) is 13.3. The molecule has 0 amide bonds. The summed E-state index contributed by atoms with van der Waals surface area (Å²) in [6.07, 6.45) is 10.0. The van der Waals surface area contributed by atoms with E-state index in [1.165, 1.54) is 48.6 Å². The molecule has 2 aromatic carbocycles.